The summed E-state index contributed by atoms with van der Waals surface area (Å²) in [6, 6.07) is 12.0. The first-order valence-electron chi connectivity index (χ1n) is 6.34. The minimum atomic E-state index is -0.518. The van der Waals surface area contributed by atoms with Crippen molar-refractivity contribution in [3.63, 3.8) is 0 Å². The Labute approximate surface area is 126 Å². The molecule has 0 aliphatic rings. The van der Waals surface area contributed by atoms with E-state index < -0.39 is 5.97 Å². The van der Waals surface area contributed by atoms with Crippen LogP contribution in [0.3, 0.4) is 0 Å². The highest BCUT2D eigenvalue weighted by Crippen LogP contribution is 2.07. The Kier molecular flexibility index (Phi) is 5.40. The molecular formula is C15H14ClNO4. The van der Waals surface area contributed by atoms with Crippen LogP contribution in [0.5, 0.6) is 5.75 Å². The zero-order valence-corrected chi connectivity index (χ0v) is 12.0. The van der Waals surface area contributed by atoms with Crippen molar-refractivity contribution in [1.29, 1.82) is 0 Å². The van der Waals surface area contributed by atoms with Gasteiger partial charge < -0.3 is 14.0 Å². The Morgan fingerprint density at radius 2 is 1.86 bits per heavy atom. The second-order valence-corrected chi connectivity index (χ2v) is 4.63. The number of esters is 1. The van der Waals surface area contributed by atoms with Gasteiger partial charge in [0.2, 0.25) is 0 Å². The van der Waals surface area contributed by atoms with E-state index in [1.807, 2.05) is 30.3 Å². The van der Waals surface area contributed by atoms with Gasteiger partial charge in [-0.1, -0.05) is 29.8 Å². The molecule has 110 valence electrons. The van der Waals surface area contributed by atoms with Gasteiger partial charge in [-0.3, -0.25) is 9.59 Å². The summed E-state index contributed by atoms with van der Waals surface area (Å²) in [6.07, 6.45) is 1.39. The summed E-state index contributed by atoms with van der Waals surface area (Å²) in [5.74, 6) is 0.190. The van der Waals surface area contributed by atoms with Crippen molar-refractivity contribution in [1.82, 2.24) is 4.57 Å². The second-order valence-electron chi connectivity index (χ2n) is 4.20. The van der Waals surface area contributed by atoms with E-state index in [4.69, 9.17) is 21.1 Å². The molecule has 1 aromatic carbocycles. The van der Waals surface area contributed by atoms with Gasteiger partial charge in [0.1, 0.15) is 25.5 Å². The quantitative estimate of drug-likeness (QED) is 0.606. The van der Waals surface area contributed by atoms with E-state index in [0.717, 1.165) is 0 Å². The Morgan fingerprint density at radius 1 is 1.10 bits per heavy atom. The number of hydrogen-bond donors (Lipinski definition) is 0. The minimum Gasteiger partial charge on any atom is -0.490 e. The second kappa shape index (κ2) is 7.50. The van der Waals surface area contributed by atoms with Crippen molar-refractivity contribution in [3.8, 4) is 5.75 Å². The predicted octanol–water partition coefficient (Wildman–Crippen LogP) is 2.12. The number of hydrogen-bond acceptors (Lipinski definition) is 4. The zero-order valence-electron chi connectivity index (χ0n) is 11.2. The molecule has 0 saturated carbocycles. The number of ether oxygens (including phenoxy) is 2. The predicted molar refractivity (Wildman–Crippen MR) is 78.6 cm³/mol. The van der Waals surface area contributed by atoms with Crippen molar-refractivity contribution < 1.29 is 14.3 Å². The molecule has 0 aliphatic heterocycles. The lowest BCUT2D eigenvalue weighted by molar-refractivity contribution is -0.145. The Hall–Kier alpha value is -2.27. The van der Waals surface area contributed by atoms with Gasteiger partial charge in [-0.2, -0.15) is 0 Å². The highest BCUT2D eigenvalue weighted by molar-refractivity contribution is 6.30. The average molecular weight is 308 g/mol. The summed E-state index contributed by atoms with van der Waals surface area (Å²) < 4.78 is 11.6. The van der Waals surface area contributed by atoms with Gasteiger partial charge >= 0.3 is 5.97 Å². The minimum absolute atomic E-state index is 0.114. The van der Waals surface area contributed by atoms with Crippen molar-refractivity contribution in [2.24, 2.45) is 0 Å². The SMILES string of the molecule is O=C(Cn1cc(Cl)ccc1=O)OCCOc1ccccc1. The van der Waals surface area contributed by atoms with Crippen LogP contribution in [0.25, 0.3) is 0 Å². The maximum absolute atomic E-state index is 11.6. The van der Waals surface area contributed by atoms with Crippen molar-refractivity contribution in [2.45, 2.75) is 6.54 Å². The van der Waals surface area contributed by atoms with E-state index in [0.29, 0.717) is 10.8 Å². The average Bonchev–Trinajstić information content (AvgIpc) is 2.48. The molecule has 21 heavy (non-hydrogen) atoms. The highest BCUT2D eigenvalue weighted by Gasteiger charge is 2.06. The van der Waals surface area contributed by atoms with Crippen molar-refractivity contribution in [3.05, 3.63) is 64.0 Å². The number of carbonyl (C=O) groups excluding carboxylic acids is 1. The fourth-order valence-corrected chi connectivity index (χ4v) is 1.82. The lowest BCUT2D eigenvalue weighted by Crippen LogP contribution is -2.25. The van der Waals surface area contributed by atoms with Gasteiger partial charge in [0.05, 0.1) is 5.02 Å². The summed E-state index contributed by atoms with van der Waals surface area (Å²) in [5, 5.41) is 0.384. The molecule has 0 spiro atoms. The zero-order chi connectivity index (χ0) is 15.1. The van der Waals surface area contributed by atoms with Crippen molar-refractivity contribution in [2.75, 3.05) is 13.2 Å². The molecule has 6 heteroatoms. The van der Waals surface area contributed by atoms with E-state index in [9.17, 15) is 9.59 Å². The largest absolute Gasteiger partial charge is 0.490 e. The maximum atomic E-state index is 11.6. The molecule has 0 N–H and O–H groups in total. The number of pyridine rings is 1. The van der Waals surface area contributed by atoms with Gasteiger partial charge in [0.15, 0.2) is 0 Å². The molecule has 0 radical (unpaired) electrons. The summed E-state index contributed by atoms with van der Waals surface area (Å²) in [5.41, 5.74) is -0.308. The number of carbonyl (C=O) groups is 1. The summed E-state index contributed by atoms with van der Waals surface area (Å²) in [6.45, 7) is 0.188. The third-order valence-electron chi connectivity index (χ3n) is 2.61. The number of rotatable bonds is 6. The summed E-state index contributed by atoms with van der Waals surface area (Å²) in [7, 11) is 0. The van der Waals surface area contributed by atoms with Gasteiger partial charge in [0.25, 0.3) is 5.56 Å². The van der Waals surface area contributed by atoms with Crippen LogP contribution in [0.1, 0.15) is 0 Å². The van der Waals surface area contributed by atoms with Gasteiger partial charge in [0, 0.05) is 12.3 Å². The number of para-hydroxylation sites is 1. The number of aromatic nitrogens is 1. The van der Waals surface area contributed by atoms with Gasteiger partial charge in [-0.05, 0) is 18.2 Å². The van der Waals surface area contributed by atoms with Crippen LogP contribution in [0.4, 0.5) is 0 Å². The third kappa shape index (κ3) is 4.96. The highest BCUT2D eigenvalue weighted by atomic mass is 35.5. The summed E-state index contributed by atoms with van der Waals surface area (Å²) in [4.78, 5) is 23.1. The normalized spacial score (nSPS) is 10.1. The van der Waals surface area contributed by atoms with Crippen LogP contribution in [0, 0.1) is 0 Å². The van der Waals surface area contributed by atoms with E-state index >= 15 is 0 Å². The standard InChI is InChI=1S/C15H14ClNO4/c16-12-6-7-14(18)17(10-12)11-15(19)21-9-8-20-13-4-2-1-3-5-13/h1-7,10H,8-9,11H2. The van der Waals surface area contributed by atoms with E-state index in [1.54, 1.807) is 0 Å². The molecule has 0 atom stereocenters. The Bertz CT molecular complexity index is 654. The van der Waals surface area contributed by atoms with Crippen LogP contribution < -0.4 is 10.3 Å². The molecule has 1 heterocycles. The number of nitrogens with zero attached hydrogens (tertiary/aromatic N) is 1. The lowest BCUT2D eigenvalue weighted by Gasteiger charge is -2.08. The summed E-state index contributed by atoms with van der Waals surface area (Å²) >= 11 is 5.76. The van der Waals surface area contributed by atoms with Crippen LogP contribution in [0.15, 0.2) is 53.5 Å². The van der Waals surface area contributed by atoms with Gasteiger partial charge in [-0.25, -0.2) is 0 Å². The van der Waals surface area contributed by atoms with Crippen LogP contribution >= 0.6 is 11.6 Å². The molecule has 1 aromatic heterocycles. The fraction of sp³-hybridized carbons (Fsp3) is 0.200. The van der Waals surface area contributed by atoms with Crippen LogP contribution in [-0.4, -0.2) is 23.8 Å². The molecular weight excluding hydrogens is 294 g/mol. The van der Waals surface area contributed by atoms with Gasteiger partial charge in [-0.15, -0.1) is 0 Å². The molecule has 0 bridgehead atoms. The first kappa shape index (κ1) is 15.1. The Morgan fingerprint density at radius 3 is 2.62 bits per heavy atom. The first-order chi connectivity index (χ1) is 10.1. The molecule has 0 unspecified atom stereocenters. The molecule has 0 fully saturated rings. The molecule has 0 aliphatic carbocycles. The molecule has 0 amide bonds. The molecule has 2 rings (SSSR count). The monoisotopic (exact) mass is 307 g/mol. The topological polar surface area (TPSA) is 57.5 Å². The fourth-order valence-electron chi connectivity index (χ4n) is 1.64. The van der Waals surface area contributed by atoms with Crippen LogP contribution in [-0.2, 0) is 16.1 Å². The maximum Gasteiger partial charge on any atom is 0.326 e. The molecule has 0 saturated heterocycles. The van der Waals surface area contributed by atoms with E-state index in [1.165, 1.54) is 22.9 Å². The lowest BCUT2D eigenvalue weighted by atomic mass is 10.3. The smallest absolute Gasteiger partial charge is 0.326 e. The molecule has 2 aromatic rings. The van der Waals surface area contributed by atoms with E-state index in [2.05, 4.69) is 0 Å². The van der Waals surface area contributed by atoms with E-state index in [-0.39, 0.29) is 25.3 Å². The first-order valence-corrected chi connectivity index (χ1v) is 6.72. The number of halogens is 1. The van der Waals surface area contributed by atoms with Crippen LogP contribution in [0.2, 0.25) is 5.02 Å². The number of benzene rings is 1. The van der Waals surface area contributed by atoms with Crippen molar-refractivity contribution >= 4 is 17.6 Å². The third-order valence-corrected chi connectivity index (χ3v) is 2.83. The Balaban J connectivity index is 1.75. The molecule has 5 nitrogen and oxygen atoms in total.